The molecular formula is C21H16F3N3O5S. The van der Waals surface area contributed by atoms with Gasteiger partial charge in [-0.3, -0.25) is 9.59 Å². The van der Waals surface area contributed by atoms with Crippen LogP contribution >= 0.6 is 0 Å². The molecule has 0 fully saturated rings. The van der Waals surface area contributed by atoms with Crippen LogP contribution in [-0.4, -0.2) is 37.8 Å². The van der Waals surface area contributed by atoms with Gasteiger partial charge in [-0.05, 0) is 60.7 Å². The second-order valence-electron chi connectivity index (χ2n) is 6.52. The van der Waals surface area contributed by atoms with Gasteiger partial charge in [0.25, 0.3) is 21.7 Å². The van der Waals surface area contributed by atoms with Gasteiger partial charge < -0.3 is 15.4 Å². The number of alkyl halides is 3. The summed E-state index contributed by atoms with van der Waals surface area (Å²) >= 11 is 0. The molecule has 0 bridgehead atoms. The zero-order valence-electron chi connectivity index (χ0n) is 16.9. The van der Waals surface area contributed by atoms with Gasteiger partial charge in [-0.25, -0.2) is 13.4 Å². The highest BCUT2D eigenvalue weighted by Crippen LogP contribution is 2.31. The van der Waals surface area contributed by atoms with Crippen LogP contribution in [0.4, 0.5) is 24.5 Å². The molecule has 0 saturated carbocycles. The SMILES string of the molecule is COc1ccc(NC(=O)c2ccc(NC(=O)c3cccnc3S(=O)(=O)C(F)(F)F)cc2)cc1. The maximum absolute atomic E-state index is 12.9. The van der Waals surface area contributed by atoms with Crippen molar-refractivity contribution in [1.82, 2.24) is 4.98 Å². The fourth-order valence-corrected chi connectivity index (χ4v) is 3.54. The molecule has 3 rings (SSSR count). The summed E-state index contributed by atoms with van der Waals surface area (Å²) in [6, 6.07) is 14.1. The summed E-state index contributed by atoms with van der Waals surface area (Å²) in [5.74, 6) is -0.932. The Bertz CT molecular complexity index is 1280. The summed E-state index contributed by atoms with van der Waals surface area (Å²) in [6.45, 7) is 0. The molecule has 172 valence electrons. The van der Waals surface area contributed by atoms with Crippen LogP contribution in [0.15, 0.2) is 71.9 Å². The van der Waals surface area contributed by atoms with Crippen LogP contribution in [0.25, 0.3) is 0 Å². The maximum atomic E-state index is 12.9. The Labute approximate surface area is 186 Å². The van der Waals surface area contributed by atoms with Crippen molar-refractivity contribution in [3.8, 4) is 5.75 Å². The van der Waals surface area contributed by atoms with E-state index in [0.29, 0.717) is 11.4 Å². The molecule has 1 heterocycles. The Morgan fingerprint density at radius 3 is 1.97 bits per heavy atom. The minimum absolute atomic E-state index is 0.125. The molecule has 2 aromatic carbocycles. The third-order valence-electron chi connectivity index (χ3n) is 4.33. The average molecular weight is 479 g/mol. The fraction of sp³-hybridized carbons (Fsp3) is 0.0952. The van der Waals surface area contributed by atoms with Gasteiger partial charge in [0.15, 0.2) is 5.03 Å². The number of anilines is 2. The Kier molecular flexibility index (Phi) is 6.68. The Morgan fingerprint density at radius 2 is 1.42 bits per heavy atom. The van der Waals surface area contributed by atoms with Crippen LogP contribution in [0.2, 0.25) is 0 Å². The summed E-state index contributed by atoms with van der Waals surface area (Å²) < 4.78 is 67.2. The second kappa shape index (κ2) is 9.28. The third kappa shape index (κ3) is 5.29. The van der Waals surface area contributed by atoms with Gasteiger partial charge in [0.05, 0.1) is 12.7 Å². The van der Waals surface area contributed by atoms with E-state index in [-0.39, 0.29) is 11.3 Å². The van der Waals surface area contributed by atoms with Crippen LogP contribution in [0, 0.1) is 0 Å². The van der Waals surface area contributed by atoms with E-state index < -0.39 is 37.7 Å². The first-order valence-electron chi connectivity index (χ1n) is 9.16. The zero-order valence-corrected chi connectivity index (χ0v) is 17.7. The number of halogens is 3. The van der Waals surface area contributed by atoms with Crippen molar-refractivity contribution >= 4 is 33.0 Å². The van der Waals surface area contributed by atoms with Gasteiger partial charge in [0.2, 0.25) is 0 Å². The number of hydrogen-bond donors (Lipinski definition) is 2. The van der Waals surface area contributed by atoms with E-state index in [0.717, 1.165) is 18.3 Å². The number of carbonyl (C=O) groups excluding carboxylic acids is 2. The minimum Gasteiger partial charge on any atom is -0.497 e. The first-order chi connectivity index (χ1) is 15.5. The van der Waals surface area contributed by atoms with E-state index in [1.165, 1.54) is 31.4 Å². The lowest BCUT2D eigenvalue weighted by atomic mass is 10.1. The Balaban J connectivity index is 1.74. The standard InChI is InChI=1S/C21H16F3N3O5S/c1-32-16-10-8-15(9-11-16)26-18(28)13-4-6-14(7-5-13)27-19(29)17-3-2-12-25-20(17)33(30,31)21(22,23)24/h2-12H,1H3,(H,26,28)(H,27,29). The van der Waals surface area contributed by atoms with Crippen LogP contribution in [0.3, 0.4) is 0 Å². The quantitative estimate of drug-likeness (QED) is 0.555. The number of aromatic nitrogens is 1. The number of pyridine rings is 1. The topological polar surface area (TPSA) is 114 Å². The van der Waals surface area contributed by atoms with Gasteiger partial charge in [-0.15, -0.1) is 0 Å². The van der Waals surface area contributed by atoms with Gasteiger partial charge in [0.1, 0.15) is 5.75 Å². The van der Waals surface area contributed by atoms with E-state index in [1.807, 2.05) is 0 Å². The molecule has 2 N–H and O–H groups in total. The Hall–Kier alpha value is -3.93. The molecule has 33 heavy (non-hydrogen) atoms. The van der Waals surface area contributed by atoms with Crippen LogP contribution in [-0.2, 0) is 9.84 Å². The number of methoxy groups -OCH3 is 1. The van der Waals surface area contributed by atoms with Gasteiger partial charge >= 0.3 is 5.51 Å². The van der Waals surface area contributed by atoms with Crippen molar-refractivity contribution in [3.05, 3.63) is 78.0 Å². The van der Waals surface area contributed by atoms with Crippen molar-refractivity contribution in [2.75, 3.05) is 17.7 Å². The molecule has 0 aliphatic rings. The van der Waals surface area contributed by atoms with Gasteiger partial charge in [-0.1, -0.05) is 0 Å². The van der Waals surface area contributed by atoms with Crippen molar-refractivity contribution in [1.29, 1.82) is 0 Å². The van der Waals surface area contributed by atoms with E-state index >= 15 is 0 Å². The monoisotopic (exact) mass is 479 g/mol. The molecule has 0 unspecified atom stereocenters. The normalized spacial score (nSPS) is 11.5. The summed E-state index contributed by atoms with van der Waals surface area (Å²) in [4.78, 5) is 28.0. The highest BCUT2D eigenvalue weighted by atomic mass is 32.2. The summed E-state index contributed by atoms with van der Waals surface area (Å²) in [6.07, 6.45) is 0.839. The summed E-state index contributed by atoms with van der Waals surface area (Å²) in [5, 5.41) is 3.57. The molecule has 0 spiro atoms. The maximum Gasteiger partial charge on any atom is 0.503 e. The lowest BCUT2D eigenvalue weighted by Crippen LogP contribution is -2.27. The average Bonchev–Trinajstić information content (AvgIpc) is 2.79. The number of hydrogen-bond acceptors (Lipinski definition) is 6. The lowest BCUT2D eigenvalue weighted by Gasteiger charge is -2.12. The largest absolute Gasteiger partial charge is 0.503 e. The van der Waals surface area contributed by atoms with E-state index in [1.54, 1.807) is 24.3 Å². The van der Waals surface area contributed by atoms with Crippen molar-refractivity contribution in [2.24, 2.45) is 0 Å². The number of amides is 2. The molecule has 0 atom stereocenters. The molecule has 0 saturated heterocycles. The first kappa shape index (κ1) is 23.7. The highest BCUT2D eigenvalue weighted by Gasteiger charge is 2.49. The lowest BCUT2D eigenvalue weighted by molar-refractivity contribution is -0.0438. The third-order valence-corrected chi connectivity index (χ3v) is 5.77. The number of rotatable bonds is 6. The van der Waals surface area contributed by atoms with Crippen molar-refractivity contribution < 1.29 is 35.9 Å². The van der Waals surface area contributed by atoms with Crippen molar-refractivity contribution in [2.45, 2.75) is 10.5 Å². The van der Waals surface area contributed by atoms with Crippen LogP contribution < -0.4 is 15.4 Å². The number of nitrogens with one attached hydrogen (secondary N) is 2. The van der Waals surface area contributed by atoms with E-state index in [9.17, 15) is 31.2 Å². The van der Waals surface area contributed by atoms with Gasteiger partial charge in [0, 0.05) is 23.1 Å². The number of ether oxygens (including phenoxy) is 1. The van der Waals surface area contributed by atoms with Crippen LogP contribution in [0.5, 0.6) is 5.75 Å². The van der Waals surface area contributed by atoms with Crippen molar-refractivity contribution in [3.63, 3.8) is 0 Å². The Morgan fingerprint density at radius 1 is 0.879 bits per heavy atom. The minimum atomic E-state index is -5.83. The van der Waals surface area contributed by atoms with Crippen LogP contribution in [0.1, 0.15) is 20.7 Å². The second-order valence-corrected chi connectivity index (χ2v) is 8.38. The smallest absolute Gasteiger partial charge is 0.497 e. The molecule has 0 aliphatic heterocycles. The molecule has 3 aromatic rings. The molecule has 2 amide bonds. The molecule has 1 aromatic heterocycles. The molecule has 8 nitrogen and oxygen atoms in total. The first-order valence-corrected chi connectivity index (χ1v) is 10.6. The number of benzene rings is 2. The fourth-order valence-electron chi connectivity index (χ4n) is 2.67. The molecule has 0 radical (unpaired) electrons. The molecule has 12 heteroatoms. The van der Waals surface area contributed by atoms with E-state index in [2.05, 4.69) is 15.6 Å². The number of carbonyl (C=O) groups is 2. The zero-order chi connectivity index (χ0) is 24.2. The predicted molar refractivity (Wildman–Crippen MR) is 113 cm³/mol. The number of nitrogens with zero attached hydrogens (tertiary/aromatic N) is 1. The highest BCUT2D eigenvalue weighted by molar-refractivity contribution is 7.92. The molecular weight excluding hydrogens is 463 g/mol. The molecule has 0 aliphatic carbocycles. The van der Waals surface area contributed by atoms with E-state index in [4.69, 9.17) is 4.74 Å². The number of sulfone groups is 1. The summed E-state index contributed by atoms with van der Waals surface area (Å²) in [5.41, 5.74) is -5.50. The van der Waals surface area contributed by atoms with Gasteiger partial charge in [-0.2, -0.15) is 13.2 Å². The summed E-state index contributed by atoms with van der Waals surface area (Å²) in [7, 11) is -4.32. The predicted octanol–water partition coefficient (Wildman–Crippen LogP) is 3.89.